The lowest BCUT2D eigenvalue weighted by atomic mass is 10.1. The Morgan fingerprint density at radius 2 is 1.93 bits per heavy atom. The average Bonchev–Trinajstić information content (AvgIpc) is 3.29. The smallest absolute Gasteiger partial charge is 0.259 e. The Kier molecular flexibility index (Phi) is 5.11. The molecule has 2 aromatic carbocycles. The third-order valence-electron chi connectivity index (χ3n) is 4.60. The maximum Gasteiger partial charge on any atom is 0.259 e. The van der Waals surface area contributed by atoms with Gasteiger partial charge in [-0.05, 0) is 31.2 Å². The Morgan fingerprint density at radius 3 is 2.68 bits per heavy atom. The number of anilines is 2. The molecule has 1 fully saturated rings. The number of nitrogens with one attached hydrogen (secondary N) is 1. The summed E-state index contributed by atoms with van der Waals surface area (Å²) in [5.41, 5.74) is 2.41. The first kappa shape index (κ1) is 18.6. The molecule has 4 rings (SSSR count). The summed E-state index contributed by atoms with van der Waals surface area (Å²) < 4.78 is 0. The molecule has 1 aliphatic rings. The van der Waals surface area contributed by atoms with Crippen LogP contribution < -0.4 is 10.2 Å². The van der Waals surface area contributed by atoms with Crippen LogP contribution in [0.25, 0.3) is 0 Å². The number of nitrogens with zero attached hydrogens (tertiary/aromatic N) is 3. The first-order valence-electron chi connectivity index (χ1n) is 8.77. The fraction of sp³-hybridized carbons (Fsp3) is 0.200. The standard InChI is InChI=1S/C20H17ClN4O2S/c1-12-6-8-14(9-7-12)25-11-13(10-17(25)26)19-23-24-20(28-19)22-18(27)15-4-2-3-5-16(15)21/h2-9,13H,10-11H2,1H3,(H,22,24,27). The van der Waals surface area contributed by atoms with Gasteiger partial charge in [0.2, 0.25) is 11.0 Å². The van der Waals surface area contributed by atoms with Crippen molar-refractivity contribution in [1.29, 1.82) is 0 Å². The second-order valence-electron chi connectivity index (χ2n) is 6.62. The molecular weight excluding hydrogens is 396 g/mol. The lowest BCUT2D eigenvalue weighted by molar-refractivity contribution is -0.117. The van der Waals surface area contributed by atoms with Gasteiger partial charge in [-0.1, -0.05) is 52.8 Å². The molecule has 1 aromatic heterocycles. The Morgan fingerprint density at radius 1 is 1.18 bits per heavy atom. The predicted octanol–water partition coefficient (Wildman–Crippen LogP) is 4.27. The molecule has 2 heterocycles. The minimum Gasteiger partial charge on any atom is -0.312 e. The zero-order valence-electron chi connectivity index (χ0n) is 15.1. The third kappa shape index (κ3) is 3.76. The second-order valence-corrected chi connectivity index (χ2v) is 8.04. The van der Waals surface area contributed by atoms with Crippen molar-refractivity contribution < 1.29 is 9.59 Å². The Bertz CT molecular complexity index is 1030. The zero-order chi connectivity index (χ0) is 19.7. The first-order chi connectivity index (χ1) is 13.5. The fourth-order valence-corrected chi connectivity index (χ4v) is 4.16. The molecule has 1 aliphatic heterocycles. The summed E-state index contributed by atoms with van der Waals surface area (Å²) in [4.78, 5) is 26.6. The van der Waals surface area contributed by atoms with Crippen LogP contribution in [-0.4, -0.2) is 28.6 Å². The van der Waals surface area contributed by atoms with Crippen molar-refractivity contribution in [3.05, 3.63) is 69.7 Å². The number of carbonyl (C=O) groups excluding carboxylic acids is 2. The van der Waals surface area contributed by atoms with Gasteiger partial charge >= 0.3 is 0 Å². The summed E-state index contributed by atoms with van der Waals surface area (Å²) in [5.74, 6) is -0.319. The van der Waals surface area contributed by atoms with Crippen molar-refractivity contribution in [3.63, 3.8) is 0 Å². The topological polar surface area (TPSA) is 75.2 Å². The second kappa shape index (κ2) is 7.69. The highest BCUT2D eigenvalue weighted by Crippen LogP contribution is 2.34. The maximum absolute atomic E-state index is 12.4. The molecule has 8 heteroatoms. The van der Waals surface area contributed by atoms with Gasteiger partial charge in [-0.25, -0.2) is 0 Å². The van der Waals surface area contributed by atoms with Crippen molar-refractivity contribution >= 4 is 45.6 Å². The van der Waals surface area contributed by atoms with Crippen LogP contribution in [0, 0.1) is 6.92 Å². The molecule has 0 aliphatic carbocycles. The SMILES string of the molecule is Cc1ccc(N2CC(c3nnc(NC(=O)c4ccccc4Cl)s3)CC2=O)cc1. The van der Waals surface area contributed by atoms with Crippen LogP contribution in [-0.2, 0) is 4.79 Å². The summed E-state index contributed by atoms with van der Waals surface area (Å²) >= 11 is 7.34. The molecule has 142 valence electrons. The van der Waals surface area contributed by atoms with E-state index in [-0.39, 0.29) is 17.7 Å². The highest BCUT2D eigenvalue weighted by molar-refractivity contribution is 7.15. The van der Waals surface area contributed by atoms with E-state index >= 15 is 0 Å². The van der Waals surface area contributed by atoms with Crippen LogP contribution in [0.5, 0.6) is 0 Å². The number of carbonyl (C=O) groups is 2. The largest absolute Gasteiger partial charge is 0.312 e. The van der Waals surface area contributed by atoms with Crippen LogP contribution in [0.3, 0.4) is 0 Å². The van der Waals surface area contributed by atoms with Crippen LogP contribution in [0.2, 0.25) is 5.02 Å². The first-order valence-corrected chi connectivity index (χ1v) is 9.97. The summed E-state index contributed by atoms with van der Waals surface area (Å²) in [7, 11) is 0. The molecule has 28 heavy (non-hydrogen) atoms. The maximum atomic E-state index is 12.4. The van der Waals surface area contributed by atoms with E-state index in [1.807, 2.05) is 31.2 Å². The van der Waals surface area contributed by atoms with E-state index < -0.39 is 0 Å². The lowest BCUT2D eigenvalue weighted by Gasteiger charge is -2.16. The molecule has 0 radical (unpaired) electrons. The Balaban J connectivity index is 1.46. The molecule has 0 spiro atoms. The molecule has 1 saturated heterocycles. The average molecular weight is 413 g/mol. The summed E-state index contributed by atoms with van der Waals surface area (Å²) in [5, 5.41) is 12.5. The number of amides is 2. The molecule has 3 aromatic rings. The van der Waals surface area contributed by atoms with E-state index in [0.29, 0.717) is 28.7 Å². The summed E-state index contributed by atoms with van der Waals surface area (Å²) in [6.07, 6.45) is 0.376. The molecule has 6 nitrogen and oxygen atoms in total. The van der Waals surface area contributed by atoms with Gasteiger partial charge in [-0.15, -0.1) is 10.2 Å². The fourth-order valence-electron chi connectivity index (χ4n) is 3.11. The van der Waals surface area contributed by atoms with Gasteiger partial charge in [0.1, 0.15) is 5.01 Å². The third-order valence-corrected chi connectivity index (χ3v) is 5.93. The molecule has 2 amide bonds. The van der Waals surface area contributed by atoms with Crippen LogP contribution in [0.1, 0.15) is 33.3 Å². The number of halogens is 1. The number of rotatable bonds is 4. The highest BCUT2D eigenvalue weighted by atomic mass is 35.5. The number of aryl methyl sites for hydroxylation is 1. The van der Waals surface area contributed by atoms with Gasteiger partial charge in [0.15, 0.2) is 0 Å². The molecule has 0 saturated carbocycles. The van der Waals surface area contributed by atoms with E-state index in [1.165, 1.54) is 11.3 Å². The predicted molar refractivity (Wildman–Crippen MR) is 110 cm³/mol. The van der Waals surface area contributed by atoms with Gasteiger partial charge < -0.3 is 4.90 Å². The zero-order valence-corrected chi connectivity index (χ0v) is 16.6. The van der Waals surface area contributed by atoms with Gasteiger partial charge in [0, 0.05) is 24.6 Å². The number of aromatic nitrogens is 2. The van der Waals surface area contributed by atoms with Crippen LogP contribution in [0.4, 0.5) is 10.8 Å². The van der Waals surface area contributed by atoms with E-state index in [0.717, 1.165) is 16.3 Å². The molecule has 1 N–H and O–H groups in total. The van der Waals surface area contributed by atoms with E-state index in [2.05, 4.69) is 15.5 Å². The Hall–Kier alpha value is -2.77. The highest BCUT2D eigenvalue weighted by Gasteiger charge is 2.34. The van der Waals surface area contributed by atoms with Gasteiger partial charge in [-0.3, -0.25) is 14.9 Å². The lowest BCUT2D eigenvalue weighted by Crippen LogP contribution is -2.24. The van der Waals surface area contributed by atoms with Gasteiger partial charge in [-0.2, -0.15) is 0 Å². The normalized spacial score (nSPS) is 16.4. The number of hydrogen-bond acceptors (Lipinski definition) is 5. The van der Waals surface area contributed by atoms with Crippen LogP contribution in [0.15, 0.2) is 48.5 Å². The monoisotopic (exact) mass is 412 g/mol. The minimum absolute atomic E-state index is 0.0442. The van der Waals surface area contributed by atoms with Crippen molar-refractivity contribution in [1.82, 2.24) is 10.2 Å². The van der Waals surface area contributed by atoms with Crippen molar-refractivity contribution in [2.24, 2.45) is 0 Å². The molecule has 1 atom stereocenters. The van der Waals surface area contributed by atoms with E-state index in [1.54, 1.807) is 29.2 Å². The molecule has 0 bridgehead atoms. The number of hydrogen-bond donors (Lipinski definition) is 1. The molecule has 1 unspecified atom stereocenters. The van der Waals surface area contributed by atoms with Gasteiger partial charge in [0.05, 0.1) is 10.6 Å². The quantitative estimate of drug-likeness (QED) is 0.694. The van der Waals surface area contributed by atoms with E-state index in [9.17, 15) is 9.59 Å². The molecular formula is C20H17ClN4O2S. The summed E-state index contributed by atoms with van der Waals surface area (Å²) in [6, 6.07) is 14.7. The van der Waals surface area contributed by atoms with E-state index in [4.69, 9.17) is 11.6 Å². The van der Waals surface area contributed by atoms with Crippen molar-refractivity contribution in [2.75, 3.05) is 16.8 Å². The van der Waals surface area contributed by atoms with Crippen LogP contribution >= 0.6 is 22.9 Å². The minimum atomic E-state index is -0.336. The van der Waals surface area contributed by atoms with Gasteiger partial charge in [0.25, 0.3) is 5.91 Å². The van der Waals surface area contributed by atoms with Crippen molar-refractivity contribution in [2.45, 2.75) is 19.3 Å². The Labute approximate surface area is 171 Å². The summed E-state index contributed by atoms with van der Waals surface area (Å²) in [6.45, 7) is 2.56. The number of benzene rings is 2. The van der Waals surface area contributed by atoms with Crippen molar-refractivity contribution in [3.8, 4) is 0 Å².